The number of amides is 1. The number of ether oxygens (including phenoxy) is 2. The van der Waals surface area contributed by atoms with E-state index >= 15 is 0 Å². The zero-order valence-corrected chi connectivity index (χ0v) is 9.46. The fraction of sp³-hybridized carbons (Fsp3) is 0.900. The maximum absolute atomic E-state index is 10.9. The average Bonchev–Trinajstić information content (AvgIpc) is 2.22. The molecule has 0 aromatic carbocycles. The Morgan fingerprint density at radius 3 is 2.47 bits per heavy atom. The van der Waals surface area contributed by atoms with Gasteiger partial charge in [0.1, 0.15) is 0 Å². The molecule has 1 amide bonds. The summed E-state index contributed by atoms with van der Waals surface area (Å²) in [5.41, 5.74) is 5.22. The molecule has 0 saturated carbocycles. The van der Waals surface area contributed by atoms with Gasteiger partial charge in [-0.2, -0.15) is 0 Å². The molecule has 0 unspecified atom stereocenters. The monoisotopic (exact) mass is 218 g/mol. The molecule has 0 aromatic heterocycles. The molecule has 0 aliphatic rings. The van der Waals surface area contributed by atoms with E-state index in [4.69, 9.17) is 15.2 Å². The molecule has 0 aliphatic carbocycles. The highest BCUT2D eigenvalue weighted by molar-refractivity contribution is 5.75. The zero-order chi connectivity index (χ0) is 11.4. The fourth-order valence-corrected chi connectivity index (χ4v) is 0.948. The Labute approximate surface area is 91.3 Å². The number of hydrogen-bond donors (Lipinski definition) is 2. The first-order valence-electron chi connectivity index (χ1n) is 5.43. The van der Waals surface area contributed by atoms with Crippen molar-refractivity contribution in [3.63, 3.8) is 0 Å². The summed E-state index contributed by atoms with van der Waals surface area (Å²) in [4.78, 5) is 10.9. The summed E-state index contributed by atoms with van der Waals surface area (Å²) >= 11 is 0. The molecule has 0 bridgehead atoms. The summed E-state index contributed by atoms with van der Waals surface area (Å²) < 4.78 is 10.5. The van der Waals surface area contributed by atoms with Gasteiger partial charge in [-0.15, -0.1) is 0 Å². The van der Waals surface area contributed by atoms with Crippen molar-refractivity contribution in [2.24, 2.45) is 5.73 Å². The topological polar surface area (TPSA) is 73.6 Å². The second-order valence-corrected chi connectivity index (χ2v) is 3.11. The molecule has 3 N–H and O–H groups in total. The number of nitrogens with one attached hydrogen (secondary N) is 1. The standard InChI is InChI=1S/C10H22N2O3/c1-2-6-14-8-9-15-7-5-12-10(13)3-4-11/h2-9,11H2,1H3,(H,12,13). The SMILES string of the molecule is CCCOCCOCCNC(=O)CCN. The van der Waals surface area contributed by atoms with Crippen LogP contribution in [-0.2, 0) is 14.3 Å². The molecule has 0 fully saturated rings. The number of rotatable bonds is 10. The van der Waals surface area contributed by atoms with Gasteiger partial charge in [0.15, 0.2) is 0 Å². The van der Waals surface area contributed by atoms with Crippen LogP contribution < -0.4 is 11.1 Å². The highest BCUT2D eigenvalue weighted by Gasteiger charge is 1.97. The smallest absolute Gasteiger partial charge is 0.221 e. The number of carbonyl (C=O) groups is 1. The van der Waals surface area contributed by atoms with Crippen molar-refractivity contribution in [1.29, 1.82) is 0 Å². The first-order chi connectivity index (χ1) is 7.31. The van der Waals surface area contributed by atoms with E-state index in [9.17, 15) is 4.79 Å². The zero-order valence-electron chi connectivity index (χ0n) is 9.46. The molecule has 15 heavy (non-hydrogen) atoms. The summed E-state index contributed by atoms with van der Waals surface area (Å²) in [7, 11) is 0. The normalized spacial score (nSPS) is 10.3. The Kier molecular flexibility index (Phi) is 10.9. The van der Waals surface area contributed by atoms with E-state index < -0.39 is 0 Å². The van der Waals surface area contributed by atoms with Crippen LogP contribution in [0.25, 0.3) is 0 Å². The highest BCUT2D eigenvalue weighted by atomic mass is 16.5. The second-order valence-electron chi connectivity index (χ2n) is 3.11. The van der Waals surface area contributed by atoms with E-state index in [0.717, 1.165) is 13.0 Å². The van der Waals surface area contributed by atoms with E-state index in [2.05, 4.69) is 12.2 Å². The van der Waals surface area contributed by atoms with Crippen LogP contribution in [-0.4, -0.2) is 45.4 Å². The fourth-order valence-electron chi connectivity index (χ4n) is 0.948. The van der Waals surface area contributed by atoms with Crippen molar-refractivity contribution < 1.29 is 14.3 Å². The third kappa shape index (κ3) is 11.3. The van der Waals surface area contributed by atoms with Crippen LogP contribution in [0.15, 0.2) is 0 Å². The van der Waals surface area contributed by atoms with Crippen LogP contribution in [0.5, 0.6) is 0 Å². The van der Waals surface area contributed by atoms with Crippen molar-refractivity contribution in [1.82, 2.24) is 5.32 Å². The van der Waals surface area contributed by atoms with Crippen LogP contribution in [0.4, 0.5) is 0 Å². The minimum absolute atomic E-state index is 0.0247. The Morgan fingerprint density at radius 2 is 1.87 bits per heavy atom. The molecular weight excluding hydrogens is 196 g/mol. The Hall–Kier alpha value is -0.650. The van der Waals surface area contributed by atoms with E-state index in [-0.39, 0.29) is 5.91 Å². The number of hydrogen-bond acceptors (Lipinski definition) is 4. The summed E-state index contributed by atoms with van der Waals surface area (Å²) in [6, 6.07) is 0. The van der Waals surface area contributed by atoms with Gasteiger partial charge in [-0.05, 0) is 6.42 Å². The predicted octanol–water partition coefficient (Wildman–Crippen LogP) is -0.105. The minimum atomic E-state index is -0.0247. The molecule has 5 heteroatoms. The van der Waals surface area contributed by atoms with E-state index in [0.29, 0.717) is 39.3 Å². The predicted molar refractivity (Wildman–Crippen MR) is 58.6 cm³/mol. The van der Waals surface area contributed by atoms with E-state index in [1.165, 1.54) is 0 Å². The summed E-state index contributed by atoms with van der Waals surface area (Å²) in [5.74, 6) is -0.0247. The second kappa shape index (κ2) is 11.4. The Bertz CT molecular complexity index is 154. The molecule has 0 saturated heterocycles. The molecular formula is C10H22N2O3. The van der Waals surface area contributed by atoms with Crippen LogP contribution in [0.1, 0.15) is 19.8 Å². The van der Waals surface area contributed by atoms with Crippen molar-refractivity contribution in [3.05, 3.63) is 0 Å². The third-order valence-corrected chi connectivity index (χ3v) is 1.66. The number of nitrogens with two attached hydrogens (primary N) is 1. The minimum Gasteiger partial charge on any atom is -0.379 e. The Balaban J connectivity index is 3.01. The largest absolute Gasteiger partial charge is 0.379 e. The molecule has 0 aromatic rings. The maximum atomic E-state index is 10.9. The molecule has 5 nitrogen and oxygen atoms in total. The van der Waals surface area contributed by atoms with E-state index in [1.54, 1.807) is 0 Å². The molecule has 90 valence electrons. The lowest BCUT2D eigenvalue weighted by molar-refractivity contribution is -0.121. The van der Waals surface area contributed by atoms with Crippen molar-refractivity contribution in [2.75, 3.05) is 39.5 Å². The average molecular weight is 218 g/mol. The van der Waals surface area contributed by atoms with Crippen LogP contribution in [0.3, 0.4) is 0 Å². The van der Waals surface area contributed by atoms with Crippen LogP contribution in [0, 0.1) is 0 Å². The van der Waals surface area contributed by atoms with Gasteiger partial charge < -0.3 is 20.5 Å². The van der Waals surface area contributed by atoms with Gasteiger partial charge >= 0.3 is 0 Å². The first-order valence-corrected chi connectivity index (χ1v) is 5.43. The number of carbonyl (C=O) groups excluding carboxylic acids is 1. The van der Waals surface area contributed by atoms with Gasteiger partial charge in [0.25, 0.3) is 0 Å². The molecule has 0 radical (unpaired) electrons. The summed E-state index contributed by atoms with van der Waals surface area (Å²) in [5, 5.41) is 2.70. The molecule has 0 rings (SSSR count). The van der Waals surface area contributed by atoms with Crippen LogP contribution >= 0.6 is 0 Å². The van der Waals surface area contributed by atoms with E-state index in [1.807, 2.05) is 0 Å². The van der Waals surface area contributed by atoms with Gasteiger partial charge in [0.2, 0.25) is 5.91 Å². The highest BCUT2D eigenvalue weighted by Crippen LogP contribution is 1.81. The van der Waals surface area contributed by atoms with Gasteiger partial charge in [-0.3, -0.25) is 4.79 Å². The van der Waals surface area contributed by atoms with Gasteiger partial charge in [-0.1, -0.05) is 6.92 Å². The van der Waals surface area contributed by atoms with Crippen LogP contribution in [0.2, 0.25) is 0 Å². The Morgan fingerprint density at radius 1 is 1.20 bits per heavy atom. The maximum Gasteiger partial charge on any atom is 0.221 e. The molecule has 0 heterocycles. The van der Waals surface area contributed by atoms with Crippen molar-refractivity contribution >= 4 is 5.91 Å². The summed E-state index contributed by atoms with van der Waals surface area (Å²) in [6.45, 7) is 5.47. The lowest BCUT2D eigenvalue weighted by Crippen LogP contribution is -2.29. The third-order valence-electron chi connectivity index (χ3n) is 1.66. The first kappa shape index (κ1) is 14.3. The quantitative estimate of drug-likeness (QED) is 0.502. The van der Waals surface area contributed by atoms with Gasteiger partial charge in [-0.25, -0.2) is 0 Å². The molecule has 0 atom stereocenters. The lowest BCUT2D eigenvalue weighted by Gasteiger charge is -2.06. The molecule has 0 aliphatic heterocycles. The van der Waals surface area contributed by atoms with Gasteiger partial charge in [0, 0.05) is 26.1 Å². The van der Waals surface area contributed by atoms with Gasteiger partial charge in [0.05, 0.1) is 19.8 Å². The van der Waals surface area contributed by atoms with Crippen molar-refractivity contribution in [2.45, 2.75) is 19.8 Å². The molecule has 0 spiro atoms. The summed E-state index contributed by atoms with van der Waals surface area (Å²) in [6.07, 6.45) is 1.40. The lowest BCUT2D eigenvalue weighted by atomic mass is 10.4. The van der Waals surface area contributed by atoms with Crippen molar-refractivity contribution in [3.8, 4) is 0 Å².